The van der Waals surface area contributed by atoms with Crippen LogP contribution in [0.4, 0.5) is 0 Å². The van der Waals surface area contributed by atoms with Crippen molar-refractivity contribution in [2.45, 2.75) is 0 Å². The molecule has 0 unspecified atom stereocenters. The van der Waals surface area contributed by atoms with Crippen molar-refractivity contribution < 1.29 is 19.4 Å². The third-order valence-electron chi connectivity index (χ3n) is 2.19. The van der Waals surface area contributed by atoms with Crippen LogP contribution >= 0.6 is 15.9 Å². The summed E-state index contributed by atoms with van der Waals surface area (Å²) < 4.78 is 11.2. The molecule has 2 rings (SSSR count). The minimum Gasteiger partial charge on any atom is -0.497 e. The van der Waals surface area contributed by atoms with Gasteiger partial charge in [0.15, 0.2) is 5.69 Å². The van der Waals surface area contributed by atoms with Crippen LogP contribution in [0.25, 0.3) is 0 Å². The molecule has 0 aliphatic heterocycles. The lowest BCUT2D eigenvalue weighted by Gasteiger charge is -2.08. The molecule has 0 saturated heterocycles. The SMILES string of the molecule is COc1ccc(Oc2cncc(C(=O)O)n2)c(Br)c1. The number of nitrogens with zero attached hydrogens (tertiary/aromatic N) is 2. The monoisotopic (exact) mass is 324 g/mol. The highest BCUT2D eigenvalue weighted by molar-refractivity contribution is 9.10. The van der Waals surface area contributed by atoms with Crippen molar-refractivity contribution in [1.29, 1.82) is 0 Å². The lowest BCUT2D eigenvalue weighted by atomic mass is 10.3. The Morgan fingerprint density at radius 2 is 2.16 bits per heavy atom. The summed E-state index contributed by atoms with van der Waals surface area (Å²) in [5.41, 5.74) is -0.179. The van der Waals surface area contributed by atoms with Crippen LogP contribution in [0.15, 0.2) is 35.1 Å². The van der Waals surface area contributed by atoms with Gasteiger partial charge in [-0.15, -0.1) is 0 Å². The first-order valence-corrected chi connectivity index (χ1v) is 5.96. The van der Waals surface area contributed by atoms with Crippen molar-refractivity contribution >= 4 is 21.9 Å². The standard InChI is InChI=1S/C12H9BrN2O4/c1-18-7-2-3-10(8(13)4-7)19-11-6-14-5-9(15-11)12(16)17/h2-6H,1H3,(H,16,17). The highest BCUT2D eigenvalue weighted by Crippen LogP contribution is 2.31. The van der Waals surface area contributed by atoms with E-state index in [-0.39, 0.29) is 11.6 Å². The Balaban J connectivity index is 2.26. The Morgan fingerprint density at radius 1 is 1.37 bits per heavy atom. The van der Waals surface area contributed by atoms with Crippen LogP contribution in [-0.4, -0.2) is 28.2 Å². The second-order valence-corrected chi connectivity index (χ2v) is 4.30. The fourth-order valence-electron chi connectivity index (χ4n) is 1.30. The molecule has 0 fully saturated rings. The average molecular weight is 325 g/mol. The van der Waals surface area contributed by atoms with Crippen LogP contribution < -0.4 is 9.47 Å². The Morgan fingerprint density at radius 3 is 2.79 bits per heavy atom. The molecular weight excluding hydrogens is 316 g/mol. The highest BCUT2D eigenvalue weighted by atomic mass is 79.9. The zero-order chi connectivity index (χ0) is 13.8. The van der Waals surface area contributed by atoms with E-state index >= 15 is 0 Å². The largest absolute Gasteiger partial charge is 0.497 e. The first-order chi connectivity index (χ1) is 9.10. The topological polar surface area (TPSA) is 81.5 Å². The molecule has 0 aliphatic carbocycles. The summed E-state index contributed by atoms with van der Waals surface area (Å²) in [7, 11) is 1.56. The van der Waals surface area contributed by atoms with E-state index in [9.17, 15) is 4.79 Å². The van der Waals surface area contributed by atoms with E-state index in [1.165, 1.54) is 6.20 Å². The lowest BCUT2D eigenvalue weighted by molar-refractivity contribution is 0.0689. The molecule has 0 bridgehead atoms. The number of rotatable bonds is 4. The minimum absolute atomic E-state index is 0.103. The van der Waals surface area contributed by atoms with Crippen molar-refractivity contribution in [1.82, 2.24) is 9.97 Å². The van der Waals surface area contributed by atoms with Crippen molar-refractivity contribution in [3.63, 3.8) is 0 Å². The molecular formula is C12H9BrN2O4. The number of carbonyl (C=O) groups is 1. The van der Waals surface area contributed by atoms with E-state index < -0.39 is 5.97 Å². The summed E-state index contributed by atoms with van der Waals surface area (Å²) in [5.74, 6) is 0.0970. The molecule has 19 heavy (non-hydrogen) atoms. The van der Waals surface area contributed by atoms with Gasteiger partial charge in [0, 0.05) is 0 Å². The maximum absolute atomic E-state index is 10.8. The van der Waals surface area contributed by atoms with Gasteiger partial charge in [-0.2, -0.15) is 0 Å². The molecule has 1 heterocycles. The van der Waals surface area contributed by atoms with Crippen molar-refractivity contribution in [2.24, 2.45) is 0 Å². The van der Waals surface area contributed by atoms with Gasteiger partial charge in [0.25, 0.3) is 0 Å². The number of aromatic carboxylic acids is 1. The van der Waals surface area contributed by atoms with Crippen LogP contribution in [-0.2, 0) is 0 Å². The van der Waals surface area contributed by atoms with E-state index in [0.29, 0.717) is 16.0 Å². The molecule has 0 atom stereocenters. The number of methoxy groups -OCH3 is 1. The van der Waals surface area contributed by atoms with E-state index in [0.717, 1.165) is 6.20 Å². The molecule has 1 aromatic carbocycles. The minimum atomic E-state index is -1.16. The predicted octanol–water partition coefficient (Wildman–Crippen LogP) is 2.74. The Hall–Kier alpha value is -2.15. The molecule has 2 aromatic rings. The van der Waals surface area contributed by atoms with Gasteiger partial charge < -0.3 is 14.6 Å². The molecule has 0 spiro atoms. The number of hydrogen-bond acceptors (Lipinski definition) is 5. The normalized spacial score (nSPS) is 10.0. The van der Waals surface area contributed by atoms with Crippen LogP contribution in [0.5, 0.6) is 17.4 Å². The van der Waals surface area contributed by atoms with E-state index in [1.54, 1.807) is 25.3 Å². The van der Waals surface area contributed by atoms with E-state index in [2.05, 4.69) is 25.9 Å². The number of benzene rings is 1. The molecule has 0 aliphatic rings. The summed E-state index contributed by atoms with van der Waals surface area (Å²) in [4.78, 5) is 18.3. The van der Waals surface area contributed by atoms with Gasteiger partial charge in [-0.3, -0.25) is 4.98 Å². The van der Waals surface area contributed by atoms with Gasteiger partial charge >= 0.3 is 5.97 Å². The maximum Gasteiger partial charge on any atom is 0.356 e. The second kappa shape index (κ2) is 5.66. The molecule has 0 saturated carbocycles. The molecule has 1 aromatic heterocycles. The van der Waals surface area contributed by atoms with Crippen molar-refractivity contribution in [2.75, 3.05) is 7.11 Å². The number of ether oxygens (including phenoxy) is 2. The molecule has 1 N–H and O–H groups in total. The van der Waals surface area contributed by atoms with Crippen molar-refractivity contribution in [3.8, 4) is 17.4 Å². The first-order valence-electron chi connectivity index (χ1n) is 5.17. The Kier molecular flexibility index (Phi) is 3.96. The zero-order valence-electron chi connectivity index (χ0n) is 9.83. The lowest BCUT2D eigenvalue weighted by Crippen LogP contribution is -2.02. The predicted molar refractivity (Wildman–Crippen MR) is 69.8 cm³/mol. The number of carboxylic acid groups (broad SMARTS) is 1. The molecule has 98 valence electrons. The molecule has 7 heteroatoms. The number of aromatic nitrogens is 2. The first kappa shape index (κ1) is 13.3. The fourth-order valence-corrected chi connectivity index (χ4v) is 1.74. The van der Waals surface area contributed by atoms with Gasteiger partial charge in [0.1, 0.15) is 11.5 Å². The third kappa shape index (κ3) is 3.19. The fraction of sp³-hybridized carbons (Fsp3) is 0.0833. The van der Waals surface area contributed by atoms with Crippen LogP contribution in [0, 0.1) is 0 Å². The summed E-state index contributed by atoms with van der Waals surface area (Å²) in [5, 5.41) is 8.81. The Bertz CT molecular complexity index is 618. The smallest absolute Gasteiger partial charge is 0.356 e. The van der Waals surface area contributed by atoms with Crippen LogP contribution in [0.2, 0.25) is 0 Å². The van der Waals surface area contributed by atoms with Gasteiger partial charge in [0.05, 0.1) is 24.0 Å². The third-order valence-corrected chi connectivity index (χ3v) is 2.80. The van der Waals surface area contributed by atoms with Gasteiger partial charge in [0.2, 0.25) is 5.88 Å². The van der Waals surface area contributed by atoms with Crippen molar-refractivity contribution in [3.05, 3.63) is 40.8 Å². The van der Waals surface area contributed by atoms with Crippen LogP contribution in [0.1, 0.15) is 10.5 Å². The number of hydrogen-bond donors (Lipinski definition) is 1. The zero-order valence-corrected chi connectivity index (χ0v) is 11.4. The Labute approximate surface area is 117 Å². The van der Waals surface area contributed by atoms with E-state index in [4.69, 9.17) is 14.6 Å². The molecule has 6 nitrogen and oxygen atoms in total. The van der Waals surface area contributed by atoms with Gasteiger partial charge in [-0.05, 0) is 34.1 Å². The second-order valence-electron chi connectivity index (χ2n) is 3.45. The summed E-state index contributed by atoms with van der Waals surface area (Å²) in [6.07, 6.45) is 2.49. The highest BCUT2D eigenvalue weighted by Gasteiger charge is 2.09. The maximum atomic E-state index is 10.8. The quantitative estimate of drug-likeness (QED) is 0.931. The average Bonchev–Trinajstić information content (AvgIpc) is 2.41. The van der Waals surface area contributed by atoms with Gasteiger partial charge in [-0.1, -0.05) is 0 Å². The van der Waals surface area contributed by atoms with Crippen LogP contribution in [0.3, 0.4) is 0 Å². The van der Waals surface area contributed by atoms with Gasteiger partial charge in [-0.25, -0.2) is 9.78 Å². The number of halogens is 1. The summed E-state index contributed by atoms with van der Waals surface area (Å²) >= 11 is 3.32. The number of carboxylic acids is 1. The van der Waals surface area contributed by atoms with E-state index in [1.807, 2.05) is 0 Å². The molecule has 0 radical (unpaired) electrons. The summed E-state index contributed by atoms with van der Waals surface area (Å²) in [6, 6.07) is 5.12. The summed E-state index contributed by atoms with van der Waals surface area (Å²) in [6.45, 7) is 0. The molecule has 0 amide bonds.